The largest absolute Gasteiger partial charge is 0.370 e. The molecule has 7 heteroatoms. The van der Waals surface area contributed by atoms with Gasteiger partial charge in [-0.3, -0.25) is 15.1 Å². The van der Waals surface area contributed by atoms with Crippen LogP contribution in [0.15, 0.2) is 40.9 Å². The normalized spacial score (nSPS) is 29.2. The van der Waals surface area contributed by atoms with Gasteiger partial charge in [-0.25, -0.2) is 0 Å². The molecule has 1 aromatic carbocycles. The minimum absolute atomic E-state index is 0.0315. The summed E-state index contributed by atoms with van der Waals surface area (Å²) in [7, 11) is 1.54. The van der Waals surface area contributed by atoms with E-state index in [0.29, 0.717) is 16.4 Å². The second-order valence-electron chi connectivity index (χ2n) is 6.02. The van der Waals surface area contributed by atoms with Crippen molar-refractivity contribution in [3.63, 3.8) is 0 Å². The van der Waals surface area contributed by atoms with E-state index >= 15 is 0 Å². The second-order valence-corrected chi connectivity index (χ2v) is 6.98. The first kappa shape index (κ1) is 16.6. The van der Waals surface area contributed by atoms with E-state index in [9.17, 15) is 15.2 Å². The molecule has 3 rings (SSSR count). The van der Waals surface area contributed by atoms with Crippen LogP contribution in [0.5, 0.6) is 0 Å². The van der Waals surface area contributed by atoms with Crippen molar-refractivity contribution in [3.8, 4) is 6.07 Å². The van der Waals surface area contributed by atoms with Crippen LogP contribution in [-0.4, -0.2) is 40.3 Å². The number of nitrogens with zero attached hydrogens (tertiary/aromatic N) is 2. The average molecular weight is 342 g/mol. The van der Waals surface area contributed by atoms with Crippen molar-refractivity contribution >= 4 is 23.5 Å². The van der Waals surface area contributed by atoms with E-state index in [4.69, 9.17) is 5.41 Å². The molecule has 1 aromatic rings. The molecule has 2 aliphatic heterocycles. The Morgan fingerprint density at radius 3 is 2.75 bits per heavy atom. The predicted octanol–water partition coefficient (Wildman–Crippen LogP) is 1.62. The van der Waals surface area contributed by atoms with Crippen LogP contribution in [0.4, 0.5) is 0 Å². The van der Waals surface area contributed by atoms with Crippen molar-refractivity contribution in [1.82, 2.24) is 10.2 Å². The van der Waals surface area contributed by atoms with Gasteiger partial charge in [-0.05, 0) is 12.5 Å². The molecule has 0 spiro atoms. The molecule has 2 aliphatic rings. The fourth-order valence-electron chi connectivity index (χ4n) is 3.24. The van der Waals surface area contributed by atoms with Crippen molar-refractivity contribution in [2.75, 3.05) is 12.8 Å². The summed E-state index contributed by atoms with van der Waals surface area (Å²) < 4.78 is 0. The van der Waals surface area contributed by atoms with Gasteiger partial charge in [0, 0.05) is 18.7 Å². The number of hydrogen-bond acceptors (Lipinski definition) is 5. The number of nitriles is 1. The third kappa shape index (κ3) is 2.39. The van der Waals surface area contributed by atoms with Gasteiger partial charge in [0.05, 0.1) is 16.7 Å². The highest BCUT2D eigenvalue weighted by molar-refractivity contribution is 8.03. The fraction of sp³-hybridized carbons (Fsp3) is 0.353. The number of benzene rings is 1. The van der Waals surface area contributed by atoms with Gasteiger partial charge in [-0.2, -0.15) is 5.26 Å². The lowest BCUT2D eigenvalue weighted by Crippen LogP contribution is -2.52. The van der Waals surface area contributed by atoms with Crippen LogP contribution < -0.4 is 5.32 Å². The summed E-state index contributed by atoms with van der Waals surface area (Å²) in [5.74, 6) is -1.29. The first-order valence-electron chi connectivity index (χ1n) is 7.57. The van der Waals surface area contributed by atoms with Crippen LogP contribution in [0, 0.1) is 22.7 Å². The van der Waals surface area contributed by atoms with Crippen LogP contribution in [0.1, 0.15) is 18.4 Å². The van der Waals surface area contributed by atoms with Crippen molar-refractivity contribution in [3.05, 3.63) is 46.5 Å². The number of thioether (sulfide) groups is 1. The lowest BCUT2D eigenvalue weighted by atomic mass is 9.77. The van der Waals surface area contributed by atoms with Gasteiger partial charge in [-0.1, -0.05) is 30.3 Å². The van der Waals surface area contributed by atoms with Gasteiger partial charge in [0.25, 0.3) is 0 Å². The Morgan fingerprint density at radius 2 is 2.17 bits per heavy atom. The second kappa shape index (κ2) is 5.96. The number of fused-ring (bicyclic) bond motifs is 1. The van der Waals surface area contributed by atoms with Crippen LogP contribution in [0.2, 0.25) is 0 Å². The van der Waals surface area contributed by atoms with Crippen molar-refractivity contribution in [2.45, 2.75) is 18.6 Å². The van der Waals surface area contributed by atoms with E-state index in [1.807, 2.05) is 30.3 Å². The van der Waals surface area contributed by atoms with Gasteiger partial charge in [-0.15, -0.1) is 11.8 Å². The molecule has 1 fully saturated rings. The summed E-state index contributed by atoms with van der Waals surface area (Å²) in [6, 6.07) is 11.5. The van der Waals surface area contributed by atoms with Gasteiger partial charge in [0.15, 0.2) is 0 Å². The molecule has 1 saturated heterocycles. The molecule has 24 heavy (non-hydrogen) atoms. The lowest BCUT2D eigenvalue weighted by Gasteiger charge is -2.41. The molecule has 0 radical (unpaired) electrons. The highest BCUT2D eigenvalue weighted by Crippen LogP contribution is 2.50. The minimum Gasteiger partial charge on any atom is -0.370 e. The van der Waals surface area contributed by atoms with E-state index in [1.165, 1.54) is 16.7 Å². The van der Waals surface area contributed by atoms with Gasteiger partial charge in [0.2, 0.25) is 5.91 Å². The first-order valence-corrected chi connectivity index (χ1v) is 8.55. The van der Waals surface area contributed by atoms with E-state index in [-0.39, 0.29) is 11.7 Å². The molecule has 124 valence electrons. The summed E-state index contributed by atoms with van der Waals surface area (Å²) in [4.78, 5) is 14.0. The lowest BCUT2D eigenvalue weighted by molar-refractivity contribution is -0.117. The van der Waals surface area contributed by atoms with Crippen LogP contribution in [0.3, 0.4) is 0 Å². The van der Waals surface area contributed by atoms with Crippen LogP contribution in [-0.2, 0) is 4.79 Å². The van der Waals surface area contributed by atoms with Gasteiger partial charge in [0.1, 0.15) is 17.5 Å². The number of aliphatic hydroxyl groups is 1. The molecule has 1 amide bonds. The molecule has 3 atom stereocenters. The quantitative estimate of drug-likeness (QED) is 0.758. The maximum absolute atomic E-state index is 12.6. The van der Waals surface area contributed by atoms with Gasteiger partial charge < -0.3 is 10.4 Å². The topological polar surface area (TPSA) is 100 Å². The molecule has 6 nitrogen and oxygen atoms in total. The Kier molecular flexibility index (Phi) is 4.11. The highest BCUT2D eigenvalue weighted by atomic mass is 32.2. The number of rotatable bonds is 2. The number of amides is 1. The summed E-state index contributed by atoms with van der Waals surface area (Å²) >= 11 is 1.34. The Labute approximate surface area is 144 Å². The summed E-state index contributed by atoms with van der Waals surface area (Å²) in [5.41, 5.74) is -0.0339. The van der Waals surface area contributed by atoms with Crippen LogP contribution in [0.25, 0.3) is 0 Å². The zero-order chi connectivity index (χ0) is 17.5. The molecule has 0 saturated carbocycles. The van der Waals surface area contributed by atoms with Gasteiger partial charge >= 0.3 is 0 Å². The first-order chi connectivity index (χ1) is 11.4. The summed E-state index contributed by atoms with van der Waals surface area (Å²) in [6.07, 6.45) is 0. The Morgan fingerprint density at radius 1 is 1.50 bits per heavy atom. The third-order valence-corrected chi connectivity index (χ3v) is 5.71. The number of amidine groups is 1. The standard InChI is InChI=1S/C17H18N4O2S/c1-17(23)9-24-16-13(15(22)20-2)12(10-6-4-3-5-7-10)11(8-18)14(19)21(16)17/h3-7,11-12,19,23H,9H2,1-2H3,(H,20,22). The molecule has 0 aliphatic carbocycles. The number of nitrogens with one attached hydrogen (secondary N) is 2. The van der Waals surface area contributed by atoms with E-state index < -0.39 is 17.6 Å². The van der Waals surface area contributed by atoms with E-state index in [2.05, 4.69) is 11.4 Å². The Hall–Kier alpha value is -2.30. The van der Waals surface area contributed by atoms with E-state index in [1.54, 1.807) is 14.0 Å². The Bertz CT molecular complexity index is 767. The maximum atomic E-state index is 12.6. The maximum Gasteiger partial charge on any atom is 0.250 e. The molecular weight excluding hydrogens is 324 g/mol. The van der Waals surface area contributed by atoms with Crippen LogP contribution >= 0.6 is 11.8 Å². The number of carbonyl (C=O) groups excluding carboxylic acids is 1. The summed E-state index contributed by atoms with van der Waals surface area (Å²) in [5, 5.41) is 31.9. The molecular formula is C17H18N4O2S. The number of carbonyl (C=O) groups is 1. The molecule has 0 aromatic heterocycles. The monoisotopic (exact) mass is 342 g/mol. The number of hydrogen-bond donors (Lipinski definition) is 3. The zero-order valence-electron chi connectivity index (χ0n) is 13.4. The highest BCUT2D eigenvalue weighted by Gasteiger charge is 2.52. The summed E-state index contributed by atoms with van der Waals surface area (Å²) in [6.45, 7) is 1.60. The molecule has 0 bridgehead atoms. The van der Waals surface area contributed by atoms with Crippen molar-refractivity contribution < 1.29 is 9.90 Å². The minimum atomic E-state index is -1.28. The fourth-order valence-corrected chi connectivity index (χ4v) is 4.58. The third-order valence-electron chi connectivity index (χ3n) is 4.35. The number of likely N-dealkylation sites (N-methyl/N-ethyl adjacent to an activating group) is 1. The zero-order valence-corrected chi connectivity index (χ0v) is 14.2. The average Bonchev–Trinajstić information content (AvgIpc) is 2.90. The predicted molar refractivity (Wildman–Crippen MR) is 92.0 cm³/mol. The molecule has 2 heterocycles. The SMILES string of the molecule is CNC(=O)C1=C2SCC(C)(O)N2C(=N)C(C#N)C1c1ccccc1. The van der Waals surface area contributed by atoms with Crippen molar-refractivity contribution in [2.24, 2.45) is 5.92 Å². The Balaban J connectivity index is 2.26. The van der Waals surface area contributed by atoms with Crippen molar-refractivity contribution in [1.29, 1.82) is 10.7 Å². The molecule has 3 unspecified atom stereocenters. The molecule has 3 N–H and O–H groups in total. The smallest absolute Gasteiger partial charge is 0.250 e. The van der Waals surface area contributed by atoms with E-state index in [0.717, 1.165) is 5.56 Å².